The molecule has 0 saturated heterocycles. The lowest BCUT2D eigenvalue weighted by Gasteiger charge is -2.19. The molecule has 1 unspecified atom stereocenters. The van der Waals surface area contributed by atoms with E-state index in [0.29, 0.717) is 6.42 Å². The number of aryl methyl sites for hydroxylation is 2. The standard InChI is InChI=1S/C16H21BrFN3/c1-4-19-13(9-12-7-5-6-8-14(12)18)10-15-16(17)11(2)20-21(15)3/h5-8,13,19H,4,9-10H2,1-3H3. The Kier molecular flexibility index (Phi) is 5.53. The van der Waals surface area contributed by atoms with Crippen LogP contribution >= 0.6 is 15.9 Å². The van der Waals surface area contributed by atoms with Crippen molar-refractivity contribution in [2.24, 2.45) is 7.05 Å². The van der Waals surface area contributed by atoms with Crippen molar-refractivity contribution in [2.45, 2.75) is 32.7 Å². The topological polar surface area (TPSA) is 29.9 Å². The van der Waals surface area contributed by atoms with Gasteiger partial charge < -0.3 is 5.32 Å². The van der Waals surface area contributed by atoms with Crippen LogP contribution in [0.2, 0.25) is 0 Å². The first-order valence-corrected chi connectivity index (χ1v) is 7.97. The van der Waals surface area contributed by atoms with Gasteiger partial charge >= 0.3 is 0 Å². The number of hydrogen-bond donors (Lipinski definition) is 1. The monoisotopic (exact) mass is 353 g/mol. The van der Waals surface area contributed by atoms with Crippen LogP contribution in [0.1, 0.15) is 23.9 Å². The van der Waals surface area contributed by atoms with Crippen LogP contribution in [0.5, 0.6) is 0 Å². The molecule has 0 aliphatic carbocycles. The van der Waals surface area contributed by atoms with E-state index in [1.54, 1.807) is 6.07 Å². The van der Waals surface area contributed by atoms with Gasteiger partial charge in [-0.2, -0.15) is 5.10 Å². The van der Waals surface area contributed by atoms with Crippen LogP contribution in [0.4, 0.5) is 4.39 Å². The Hall–Kier alpha value is -1.20. The zero-order chi connectivity index (χ0) is 15.4. The van der Waals surface area contributed by atoms with Gasteiger partial charge in [0, 0.05) is 19.5 Å². The average Bonchev–Trinajstić information content (AvgIpc) is 2.68. The summed E-state index contributed by atoms with van der Waals surface area (Å²) in [7, 11) is 1.94. The predicted molar refractivity (Wildman–Crippen MR) is 86.9 cm³/mol. The smallest absolute Gasteiger partial charge is 0.126 e. The second kappa shape index (κ2) is 7.18. The van der Waals surface area contributed by atoms with Crippen LogP contribution in [-0.4, -0.2) is 22.4 Å². The Balaban J connectivity index is 2.18. The molecule has 5 heteroatoms. The summed E-state index contributed by atoms with van der Waals surface area (Å²) in [5.74, 6) is -0.138. The number of likely N-dealkylation sites (N-methyl/N-ethyl adjacent to an activating group) is 1. The van der Waals surface area contributed by atoms with Crippen LogP contribution in [0, 0.1) is 12.7 Å². The number of rotatable bonds is 6. The third-order valence-electron chi connectivity index (χ3n) is 3.62. The molecule has 1 aromatic heterocycles. The molecular formula is C16H21BrFN3. The summed E-state index contributed by atoms with van der Waals surface area (Å²) in [5.41, 5.74) is 2.86. The van der Waals surface area contributed by atoms with E-state index >= 15 is 0 Å². The fourth-order valence-electron chi connectivity index (χ4n) is 2.57. The molecule has 2 rings (SSSR count). The maximum absolute atomic E-state index is 13.8. The molecule has 0 bridgehead atoms. The van der Waals surface area contributed by atoms with E-state index < -0.39 is 0 Å². The Morgan fingerprint density at radius 3 is 2.62 bits per heavy atom. The van der Waals surface area contributed by atoms with Crippen molar-refractivity contribution in [3.63, 3.8) is 0 Å². The molecule has 1 aromatic carbocycles. The van der Waals surface area contributed by atoms with Gasteiger partial charge in [0.1, 0.15) is 5.82 Å². The lowest BCUT2D eigenvalue weighted by molar-refractivity contribution is 0.491. The molecule has 1 heterocycles. The largest absolute Gasteiger partial charge is 0.314 e. The molecule has 3 nitrogen and oxygen atoms in total. The van der Waals surface area contributed by atoms with Crippen LogP contribution in [0.3, 0.4) is 0 Å². The van der Waals surface area contributed by atoms with E-state index in [1.807, 2.05) is 30.8 Å². The van der Waals surface area contributed by atoms with Crippen LogP contribution in [0.25, 0.3) is 0 Å². The fraction of sp³-hybridized carbons (Fsp3) is 0.438. The lowest BCUT2D eigenvalue weighted by Crippen LogP contribution is -2.34. The maximum atomic E-state index is 13.8. The first kappa shape index (κ1) is 16.2. The lowest BCUT2D eigenvalue weighted by atomic mass is 10.0. The minimum atomic E-state index is -0.138. The molecule has 1 N–H and O–H groups in total. The Morgan fingerprint density at radius 2 is 2.05 bits per heavy atom. The van der Waals surface area contributed by atoms with Crippen molar-refractivity contribution >= 4 is 15.9 Å². The molecule has 0 spiro atoms. The zero-order valence-electron chi connectivity index (χ0n) is 12.7. The third kappa shape index (κ3) is 3.92. The molecule has 0 aliphatic heterocycles. The van der Waals surface area contributed by atoms with Crippen LogP contribution in [-0.2, 0) is 19.9 Å². The minimum Gasteiger partial charge on any atom is -0.314 e. The summed E-state index contributed by atoms with van der Waals surface area (Å²) >= 11 is 3.60. The molecule has 0 aliphatic rings. The van der Waals surface area contributed by atoms with E-state index in [4.69, 9.17) is 0 Å². The van der Waals surface area contributed by atoms with Crippen molar-refractivity contribution in [3.05, 3.63) is 51.5 Å². The van der Waals surface area contributed by atoms with Crippen LogP contribution < -0.4 is 5.32 Å². The fourth-order valence-corrected chi connectivity index (χ4v) is 3.07. The highest BCUT2D eigenvalue weighted by Gasteiger charge is 2.17. The van der Waals surface area contributed by atoms with Gasteiger partial charge in [0.2, 0.25) is 0 Å². The first-order valence-electron chi connectivity index (χ1n) is 7.17. The van der Waals surface area contributed by atoms with E-state index in [1.165, 1.54) is 6.07 Å². The van der Waals surface area contributed by atoms with Crippen molar-refractivity contribution in [3.8, 4) is 0 Å². The summed E-state index contributed by atoms with van der Waals surface area (Å²) in [6.45, 7) is 4.90. The molecule has 21 heavy (non-hydrogen) atoms. The molecule has 0 fully saturated rings. The van der Waals surface area contributed by atoms with Gasteiger partial charge in [-0.25, -0.2) is 4.39 Å². The molecule has 0 radical (unpaired) electrons. The molecule has 2 aromatic rings. The van der Waals surface area contributed by atoms with E-state index in [0.717, 1.165) is 34.4 Å². The number of hydrogen-bond acceptors (Lipinski definition) is 2. The van der Waals surface area contributed by atoms with Crippen molar-refractivity contribution in [1.29, 1.82) is 0 Å². The number of halogens is 2. The normalized spacial score (nSPS) is 12.6. The van der Waals surface area contributed by atoms with E-state index in [-0.39, 0.29) is 11.9 Å². The Bertz CT molecular complexity index is 610. The molecule has 0 amide bonds. The summed E-state index contributed by atoms with van der Waals surface area (Å²) in [5, 5.41) is 7.86. The van der Waals surface area contributed by atoms with E-state index in [2.05, 4.69) is 33.3 Å². The summed E-state index contributed by atoms with van der Waals surface area (Å²) in [4.78, 5) is 0. The van der Waals surface area contributed by atoms with Crippen molar-refractivity contribution < 1.29 is 4.39 Å². The van der Waals surface area contributed by atoms with Gasteiger partial charge in [0.05, 0.1) is 15.9 Å². The Labute approximate surface area is 133 Å². The third-order valence-corrected chi connectivity index (χ3v) is 4.65. The first-order chi connectivity index (χ1) is 10.0. The van der Waals surface area contributed by atoms with Gasteiger partial charge in [-0.15, -0.1) is 0 Å². The van der Waals surface area contributed by atoms with Gasteiger partial charge in [-0.05, 0) is 47.4 Å². The highest BCUT2D eigenvalue weighted by Crippen LogP contribution is 2.22. The summed E-state index contributed by atoms with van der Waals surface area (Å²) in [6.07, 6.45) is 1.47. The molecule has 0 saturated carbocycles. The van der Waals surface area contributed by atoms with Crippen molar-refractivity contribution in [2.75, 3.05) is 6.54 Å². The quantitative estimate of drug-likeness (QED) is 0.862. The van der Waals surface area contributed by atoms with Gasteiger partial charge in [-0.1, -0.05) is 25.1 Å². The number of aromatic nitrogens is 2. The molecule has 114 valence electrons. The van der Waals surface area contributed by atoms with Gasteiger partial charge in [-0.3, -0.25) is 4.68 Å². The zero-order valence-corrected chi connectivity index (χ0v) is 14.2. The number of benzene rings is 1. The van der Waals surface area contributed by atoms with Crippen molar-refractivity contribution in [1.82, 2.24) is 15.1 Å². The predicted octanol–water partition coefficient (Wildman–Crippen LogP) is 3.39. The highest BCUT2D eigenvalue weighted by atomic mass is 79.9. The van der Waals surface area contributed by atoms with Gasteiger partial charge in [0.25, 0.3) is 0 Å². The highest BCUT2D eigenvalue weighted by molar-refractivity contribution is 9.10. The SMILES string of the molecule is CCNC(Cc1ccccc1F)Cc1c(Br)c(C)nn1C. The molecular weight excluding hydrogens is 333 g/mol. The average molecular weight is 354 g/mol. The Morgan fingerprint density at radius 1 is 1.33 bits per heavy atom. The summed E-state index contributed by atoms with van der Waals surface area (Å²) < 4.78 is 16.8. The van der Waals surface area contributed by atoms with E-state index in [9.17, 15) is 4.39 Å². The second-order valence-corrected chi connectivity index (χ2v) is 6.02. The molecule has 1 atom stereocenters. The van der Waals surface area contributed by atoms with Gasteiger partial charge in [0.15, 0.2) is 0 Å². The maximum Gasteiger partial charge on any atom is 0.126 e. The van der Waals surface area contributed by atoms with Crippen LogP contribution in [0.15, 0.2) is 28.7 Å². The minimum absolute atomic E-state index is 0.138. The summed E-state index contributed by atoms with van der Waals surface area (Å²) in [6, 6.07) is 7.15. The number of nitrogens with one attached hydrogen (secondary N) is 1. The number of nitrogens with zero attached hydrogens (tertiary/aromatic N) is 2. The second-order valence-electron chi connectivity index (χ2n) is 5.22.